The molecule has 9 aromatic carbocycles. The van der Waals surface area contributed by atoms with E-state index in [1.807, 2.05) is 0 Å². The fourth-order valence-electron chi connectivity index (χ4n) is 9.28. The lowest BCUT2D eigenvalue weighted by Gasteiger charge is -2.26. The van der Waals surface area contributed by atoms with Crippen LogP contribution in [-0.2, 0) is 10.8 Å². The van der Waals surface area contributed by atoms with Gasteiger partial charge in [0.2, 0.25) is 0 Å². The molecule has 0 atom stereocenters. The third-order valence-electron chi connectivity index (χ3n) is 12.3. The highest BCUT2D eigenvalue weighted by molar-refractivity contribution is 6.32. The number of benzene rings is 9. The van der Waals surface area contributed by atoms with Crippen molar-refractivity contribution in [3.05, 3.63) is 205 Å². The number of nitrogens with zero attached hydrogens (tertiary/aromatic N) is 4. The second kappa shape index (κ2) is 13.8. The van der Waals surface area contributed by atoms with Crippen LogP contribution in [0.5, 0.6) is 0 Å². The molecule has 0 radical (unpaired) electrons. The molecule has 0 saturated heterocycles. The van der Waals surface area contributed by atoms with Gasteiger partial charge in [-0.05, 0) is 119 Å². The Bertz CT molecular complexity index is 4930. The highest BCUT2D eigenvalue weighted by Crippen LogP contribution is 2.52. The average molecular weight is 873 g/mol. The minimum Gasteiger partial charge on any atom is -0.310 e. The van der Waals surface area contributed by atoms with Crippen molar-refractivity contribution in [3.63, 3.8) is 0 Å². The van der Waals surface area contributed by atoms with E-state index >= 15 is 0 Å². The minimum absolute atomic E-state index is 0.0483. The first-order valence-corrected chi connectivity index (χ1v) is 21.5. The van der Waals surface area contributed by atoms with Crippen LogP contribution in [0.4, 0.5) is 34.1 Å². The van der Waals surface area contributed by atoms with Crippen molar-refractivity contribution in [2.75, 3.05) is 9.80 Å². The fraction of sp³-hybridized carbons (Fsp3) is 0.129. The molecule has 13 rings (SSSR count). The summed E-state index contributed by atoms with van der Waals surface area (Å²) >= 11 is 0. The lowest BCUT2D eigenvalue weighted by Crippen LogP contribution is -2.11. The highest BCUT2D eigenvalue weighted by atomic mass is 15.2. The Morgan fingerprint density at radius 1 is 0.364 bits per heavy atom. The van der Waals surface area contributed by atoms with E-state index in [0.29, 0.717) is 0 Å². The first kappa shape index (κ1) is 22.4. The van der Waals surface area contributed by atoms with Crippen molar-refractivity contribution in [2.45, 2.75) is 52.4 Å². The van der Waals surface area contributed by atoms with E-state index in [1.165, 1.54) is 18.6 Å². The molecular weight excluding hydrogens is 801 g/mol. The summed E-state index contributed by atoms with van der Waals surface area (Å²) in [6, 6.07) is 3.26. The maximum Gasteiger partial charge on any atom is 0.0653 e. The van der Waals surface area contributed by atoms with Crippen LogP contribution >= 0.6 is 0 Å². The van der Waals surface area contributed by atoms with Crippen LogP contribution in [0.2, 0.25) is 0 Å². The topological polar surface area (TPSA) is 15.3 Å². The summed E-state index contributed by atoms with van der Waals surface area (Å²) in [4.78, 5) is 2.48. The van der Waals surface area contributed by atoms with Gasteiger partial charge in [0.1, 0.15) is 0 Å². The van der Waals surface area contributed by atoms with Crippen LogP contribution in [0.1, 0.15) is 82.8 Å². The van der Waals surface area contributed by atoms with E-state index < -0.39 is 131 Å². The molecule has 318 valence electrons. The van der Waals surface area contributed by atoms with Gasteiger partial charge in [0.15, 0.2) is 0 Å². The largest absolute Gasteiger partial charge is 0.310 e. The number of fused-ring (bicyclic) bond motifs is 12. The molecule has 0 bridgehead atoms. The number of anilines is 6. The van der Waals surface area contributed by atoms with E-state index in [4.69, 9.17) is 8.22 Å². The van der Waals surface area contributed by atoms with Crippen LogP contribution in [0.25, 0.3) is 76.2 Å². The van der Waals surface area contributed by atoms with Gasteiger partial charge in [0.05, 0.1) is 74.6 Å². The molecule has 13 aromatic rings. The lowest BCUT2D eigenvalue weighted by molar-refractivity contribution is 0.591. The lowest BCUT2D eigenvalue weighted by atomic mass is 9.86. The maximum absolute atomic E-state index is 10.7. The second-order valence-corrected chi connectivity index (χ2v) is 18.5. The van der Waals surface area contributed by atoms with Gasteiger partial charge in [0.25, 0.3) is 0 Å². The van der Waals surface area contributed by atoms with E-state index in [-0.39, 0.29) is 134 Å². The molecule has 4 heterocycles. The molecule has 0 spiro atoms. The van der Waals surface area contributed by atoms with Gasteiger partial charge in [0, 0.05) is 65.8 Å². The minimum atomic E-state index is -0.994. The summed E-state index contributed by atoms with van der Waals surface area (Å²) in [6.45, 7) is 10.5. The Balaban J connectivity index is 1.33. The van der Waals surface area contributed by atoms with Crippen LogP contribution in [-0.4, -0.2) is 8.80 Å². The van der Waals surface area contributed by atoms with E-state index in [1.54, 1.807) is 102 Å². The van der Waals surface area contributed by atoms with Crippen molar-refractivity contribution >= 4 is 110 Å². The zero-order chi connectivity index (χ0) is 63.8. The summed E-state index contributed by atoms with van der Waals surface area (Å²) in [5.74, 6) is 0. The van der Waals surface area contributed by atoms with Crippen LogP contribution in [0, 0.1) is 0 Å². The molecule has 4 heteroatoms. The van der Waals surface area contributed by atoms with Crippen molar-refractivity contribution in [1.82, 2.24) is 8.80 Å². The van der Waals surface area contributed by atoms with E-state index in [0.717, 1.165) is 0 Å². The van der Waals surface area contributed by atoms with Crippen molar-refractivity contribution in [1.29, 1.82) is 0 Å². The molecule has 0 N–H and O–H groups in total. The zero-order valence-corrected chi connectivity index (χ0v) is 36.6. The molecule has 0 aliphatic heterocycles. The fourth-order valence-corrected chi connectivity index (χ4v) is 9.28. The zero-order valence-electron chi connectivity index (χ0n) is 58.6. The van der Waals surface area contributed by atoms with Gasteiger partial charge in [-0.15, -0.1) is 0 Å². The smallest absolute Gasteiger partial charge is 0.0653 e. The highest BCUT2D eigenvalue weighted by Gasteiger charge is 2.29. The quantitative estimate of drug-likeness (QED) is 0.165. The van der Waals surface area contributed by atoms with E-state index in [9.17, 15) is 21.9 Å². The van der Waals surface area contributed by atoms with E-state index in [2.05, 4.69) is 0 Å². The molecule has 0 amide bonds. The molecule has 0 aliphatic carbocycles. The molecule has 0 aliphatic rings. The summed E-state index contributed by atoms with van der Waals surface area (Å²) in [5, 5.41) is -1.00. The van der Waals surface area contributed by atoms with Gasteiger partial charge < -0.3 is 18.6 Å². The Morgan fingerprint density at radius 3 is 1.14 bits per heavy atom. The molecular formula is C62H50N4. The SMILES string of the molecule is [2H]c1c([2H])c([2H])c(N(c2ccccc2)c2c([2H])c([2H])c3c4c([2H])c5c(c([2H])c4n4c6c([2H])c([2H])c(C(C)(C)C)c([2H])c6c2c34)c2c([2H])c([2H])c(N(c3ccccc3)c3c([2H])c([2H])c([2H])c([2H])c3[2H])c3c4c([2H])c(C(C)(C)C)c([2H])c([2H])c4n5c23)c([2H])c1[2H]. The monoisotopic (exact) mass is 873 g/mol. The maximum atomic E-state index is 10.7. The number of hydrogen-bond acceptors (Lipinski definition) is 2. The molecule has 0 saturated carbocycles. The number of para-hydroxylation sites is 4. The Morgan fingerprint density at radius 2 is 0.758 bits per heavy atom. The van der Waals surface area contributed by atoms with Gasteiger partial charge in [-0.2, -0.15) is 0 Å². The summed E-state index contributed by atoms with van der Waals surface area (Å²) in [7, 11) is 0. The van der Waals surface area contributed by atoms with Gasteiger partial charge in [-0.3, -0.25) is 0 Å². The predicted molar refractivity (Wildman–Crippen MR) is 283 cm³/mol. The normalized spacial score (nSPS) is 17.4. The third-order valence-corrected chi connectivity index (χ3v) is 12.3. The van der Waals surface area contributed by atoms with Crippen molar-refractivity contribution < 1.29 is 30.2 Å². The van der Waals surface area contributed by atoms with Gasteiger partial charge in [-0.25, -0.2) is 0 Å². The molecule has 0 unspecified atom stereocenters. The van der Waals surface area contributed by atoms with Gasteiger partial charge >= 0.3 is 0 Å². The average Bonchev–Trinajstić information content (AvgIpc) is 1.48. The number of rotatable bonds is 6. The standard InChI is InChI=1S/C62H50N4/c1-61(2,3)39-27-31-51-49(35-39)57-53(63(41-19-11-7-12-20-41)42-21-13-8-14-22-42)33-29-45-47-38-56-48(37-55(47)65(51)59(45)57)46-30-34-54(64(43-23-15-9-16-24-43)44-25-17-10-18-26-44)58-50-36-40(62(4,5)6)28-32-52(50)66(56)60(46)58/h7-38H,1-6H3/i7D,9D,11D,12D,15D,16D,19D,20D,23D,24D,27D,28D,29D,30D,31D,32D,33D,34D,35D,36D,37D,38D. The first-order valence-electron chi connectivity index (χ1n) is 32.5. The summed E-state index contributed by atoms with van der Waals surface area (Å²) < 4.78 is 214. The first-order chi connectivity index (χ1) is 41.2. The number of aromatic nitrogens is 2. The summed E-state index contributed by atoms with van der Waals surface area (Å²) in [5.41, 5.74) is -3.77. The molecule has 66 heavy (non-hydrogen) atoms. The summed E-state index contributed by atoms with van der Waals surface area (Å²) in [6.07, 6.45) is 0. The van der Waals surface area contributed by atoms with Crippen LogP contribution in [0.15, 0.2) is 194 Å². The second-order valence-electron chi connectivity index (χ2n) is 18.5. The molecule has 4 nitrogen and oxygen atoms in total. The molecule has 0 fully saturated rings. The van der Waals surface area contributed by atoms with Gasteiger partial charge in [-0.1, -0.05) is 138 Å². The number of hydrogen-bond donors (Lipinski definition) is 0. The Hall–Kier alpha value is -7.82. The Kier molecular flexibility index (Phi) is 4.70. The third kappa shape index (κ3) is 5.51. The predicted octanol–water partition coefficient (Wildman–Crippen LogP) is 17.5. The van der Waals surface area contributed by atoms with Crippen LogP contribution in [0.3, 0.4) is 0 Å². The van der Waals surface area contributed by atoms with Crippen molar-refractivity contribution in [2.24, 2.45) is 0 Å². The van der Waals surface area contributed by atoms with Crippen molar-refractivity contribution in [3.8, 4) is 0 Å². The molecule has 4 aromatic heterocycles. The Labute approximate surface area is 415 Å². The van der Waals surface area contributed by atoms with Crippen LogP contribution < -0.4 is 9.80 Å².